The first kappa shape index (κ1) is 23.9. The van der Waals surface area contributed by atoms with E-state index in [1.807, 2.05) is 31.3 Å². The van der Waals surface area contributed by atoms with Crippen LogP contribution in [0.15, 0.2) is 53.5 Å². The van der Waals surface area contributed by atoms with E-state index in [-0.39, 0.29) is 5.41 Å². The lowest BCUT2D eigenvalue weighted by atomic mass is 9.74. The highest BCUT2D eigenvalue weighted by Gasteiger charge is 2.34. The Kier molecular flexibility index (Phi) is 8.80. The van der Waals surface area contributed by atoms with Crippen LogP contribution in [0.5, 0.6) is 11.5 Å². The maximum Gasteiger partial charge on any atom is 0.191 e. The van der Waals surface area contributed by atoms with Crippen LogP contribution in [0, 0.1) is 0 Å². The van der Waals surface area contributed by atoms with E-state index in [9.17, 15) is 0 Å². The van der Waals surface area contributed by atoms with Gasteiger partial charge in [0.2, 0.25) is 0 Å². The highest BCUT2D eigenvalue weighted by atomic mass is 16.5. The summed E-state index contributed by atoms with van der Waals surface area (Å²) in [5.74, 6) is 3.06. The Labute approximate surface area is 192 Å². The van der Waals surface area contributed by atoms with E-state index >= 15 is 0 Å². The number of guanidine groups is 1. The molecule has 6 nitrogen and oxygen atoms in total. The van der Waals surface area contributed by atoms with Crippen LogP contribution in [0.2, 0.25) is 0 Å². The van der Waals surface area contributed by atoms with Gasteiger partial charge in [-0.15, -0.1) is 0 Å². The number of rotatable bonds is 9. The minimum Gasteiger partial charge on any atom is -0.497 e. The summed E-state index contributed by atoms with van der Waals surface area (Å²) in [5.41, 5.74) is 2.66. The monoisotopic (exact) mass is 439 g/mol. The van der Waals surface area contributed by atoms with Gasteiger partial charge in [-0.3, -0.25) is 4.99 Å². The fourth-order valence-electron chi connectivity index (χ4n) is 4.25. The van der Waals surface area contributed by atoms with E-state index in [2.05, 4.69) is 46.8 Å². The molecule has 0 spiro atoms. The molecule has 174 valence electrons. The van der Waals surface area contributed by atoms with E-state index in [0.29, 0.717) is 5.92 Å². The summed E-state index contributed by atoms with van der Waals surface area (Å²) in [5, 5.41) is 7.05. The van der Waals surface area contributed by atoms with Crippen molar-refractivity contribution in [2.45, 2.75) is 37.5 Å². The molecule has 6 heteroatoms. The Morgan fingerprint density at radius 3 is 2.12 bits per heavy atom. The van der Waals surface area contributed by atoms with E-state index in [4.69, 9.17) is 14.2 Å². The Balaban J connectivity index is 1.55. The van der Waals surface area contributed by atoms with Gasteiger partial charge in [-0.05, 0) is 60.6 Å². The summed E-state index contributed by atoms with van der Waals surface area (Å²) in [4.78, 5) is 4.44. The molecule has 2 aromatic rings. The summed E-state index contributed by atoms with van der Waals surface area (Å²) < 4.78 is 16.3. The average Bonchev–Trinajstić information content (AvgIpc) is 2.86. The second kappa shape index (κ2) is 11.8. The first-order valence-corrected chi connectivity index (χ1v) is 11.4. The van der Waals surface area contributed by atoms with Gasteiger partial charge >= 0.3 is 0 Å². The molecule has 2 N–H and O–H groups in total. The van der Waals surface area contributed by atoms with Gasteiger partial charge in [-0.1, -0.05) is 31.2 Å². The van der Waals surface area contributed by atoms with Crippen LogP contribution in [-0.4, -0.2) is 53.5 Å². The van der Waals surface area contributed by atoms with Crippen molar-refractivity contribution < 1.29 is 14.2 Å². The van der Waals surface area contributed by atoms with E-state index in [0.717, 1.165) is 63.0 Å². The minimum absolute atomic E-state index is 0.0263. The Hall–Kier alpha value is -2.73. The minimum atomic E-state index is 0.0263. The Bertz CT molecular complexity index is 844. The third-order valence-corrected chi connectivity index (χ3v) is 6.52. The molecule has 1 aliphatic rings. The lowest BCUT2D eigenvalue weighted by Gasteiger charge is -2.38. The lowest BCUT2D eigenvalue weighted by Crippen LogP contribution is -2.48. The lowest BCUT2D eigenvalue weighted by molar-refractivity contribution is 0.0513. The zero-order valence-corrected chi connectivity index (χ0v) is 19.8. The third-order valence-electron chi connectivity index (χ3n) is 6.52. The molecule has 0 aliphatic carbocycles. The zero-order chi connectivity index (χ0) is 22.8. The maximum absolute atomic E-state index is 5.67. The first-order chi connectivity index (χ1) is 15.6. The number of ether oxygens (including phenoxy) is 3. The van der Waals surface area contributed by atoms with Gasteiger partial charge in [0.15, 0.2) is 5.96 Å². The number of aliphatic imine (C=N–C) groups is 1. The second-order valence-corrected chi connectivity index (χ2v) is 8.44. The molecule has 0 bridgehead atoms. The number of nitrogens with zero attached hydrogens (tertiary/aromatic N) is 1. The molecule has 1 aliphatic heterocycles. The molecule has 3 rings (SSSR count). The standard InChI is InChI=1S/C26H37N3O3/c1-20(21-5-9-23(30-3)10-6-21)13-16-28-25(27-2)29-19-26(14-17-32-18-15-26)22-7-11-24(31-4)12-8-22/h5-12,20H,13-19H2,1-4H3,(H2,27,28,29). The molecular formula is C26H37N3O3. The molecule has 0 amide bonds. The van der Waals surface area contributed by atoms with Crippen molar-refractivity contribution in [2.24, 2.45) is 4.99 Å². The van der Waals surface area contributed by atoms with Crippen molar-refractivity contribution in [3.8, 4) is 11.5 Å². The van der Waals surface area contributed by atoms with Gasteiger partial charge in [0.25, 0.3) is 0 Å². The molecule has 1 heterocycles. The topological polar surface area (TPSA) is 64.1 Å². The van der Waals surface area contributed by atoms with Crippen molar-refractivity contribution in [3.05, 3.63) is 59.7 Å². The summed E-state index contributed by atoms with van der Waals surface area (Å²) in [6.45, 7) is 5.47. The number of hydrogen-bond acceptors (Lipinski definition) is 4. The summed E-state index contributed by atoms with van der Waals surface area (Å²) >= 11 is 0. The van der Waals surface area contributed by atoms with Gasteiger partial charge in [0.05, 0.1) is 14.2 Å². The molecule has 1 unspecified atom stereocenters. The van der Waals surface area contributed by atoms with Gasteiger partial charge < -0.3 is 24.8 Å². The molecule has 0 radical (unpaired) electrons. The molecule has 2 aromatic carbocycles. The fraction of sp³-hybridized carbons (Fsp3) is 0.500. The normalized spacial score (nSPS) is 16.8. The molecule has 1 saturated heterocycles. The second-order valence-electron chi connectivity index (χ2n) is 8.44. The summed E-state index contributed by atoms with van der Waals surface area (Å²) in [6.07, 6.45) is 2.99. The van der Waals surface area contributed by atoms with Crippen LogP contribution < -0.4 is 20.1 Å². The maximum atomic E-state index is 5.67. The van der Waals surface area contributed by atoms with Crippen LogP contribution >= 0.6 is 0 Å². The largest absolute Gasteiger partial charge is 0.497 e. The zero-order valence-electron chi connectivity index (χ0n) is 19.8. The van der Waals surface area contributed by atoms with E-state index in [1.165, 1.54) is 11.1 Å². The molecule has 1 fully saturated rings. The number of benzene rings is 2. The van der Waals surface area contributed by atoms with Crippen LogP contribution in [0.25, 0.3) is 0 Å². The van der Waals surface area contributed by atoms with Crippen molar-refractivity contribution in [3.63, 3.8) is 0 Å². The van der Waals surface area contributed by atoms with E-state index in [1.54, 1.807) is 14.2 Å². The van der Waals surface area contributed by atoms with Crippen molar-refractivity contribution in [1.82, 2.24) is 10.6 Å². The Morgan fingerprint density at radius 1 is 0.969 bits per heavy atom. The molecule has 0 aromatic heterocycles. The highest BCUT2D eigenvalue weighted by Crippen LogP contribution is 2.35. The smallest absolute Gasteiger partial charge is 0.191 e. The average molecular weight is 440 g/mol. The molecule has 32 heavy (non-hydrogen) atoms. The number of nitrogens with one attached hydrogen (secondary N) is 2. The number of methoxy groups -OCH3 is 2. The van der Waals surface area contributed by atoms with Crippen molar-refractivity contribution in [2.75, 3.05) is 47.6 Å². The van der Waals surface area contributed by atoms with Crippen molar-refractivity contribution >= 4 is 5.96 Å². The Morgan fingerprint density at radius 2 is 1.56 bits per heavy atom. The number of hydrogen-bond donors (Lipinski definition) is 2. The fourth-order valence-corrected chi connectivity index (χ4v) is 4.25. The summed E-state index contributed by atoms with van der Waals surface area (Å²) in [6, 6.07) is 16.8. The van der Waals surface area contributed by atoms with Crippen LogP contribution in [0.1, 0.15) is 43.2 Å². The van der Waals surface area contributed by atoms with Crippen LogP contribution in [0.3, 0.4) is 0 Å². The van der Waals surface area contributed by atoms with Crippen LogP contribution in [0.4, 0.5) is 0 Å². The predicted octanol–water partition coefficient (Wildman–Crippen LogP) is 4.11. The van der Waals surface area contributed by atoms with Gasteiger partial charge in [0.1, 0.15) is 11.5 Å². The van der Waals surface area contributed by atoms with E-state index < -0.39 is 0 Å². The van der Waals surface area contributed by atoms with Gasteiger partial charge in [-0.2, -0.15) is 0 Å². The summed E-state index contributed by atoms with van der Waals surface area (Å²) in [7, 11) is 5.22. The quantitative estimate of drug-likeness (QED) is 0.455. The molecule has 1 atom stereocenters. The highest BCUT2D eigenvalue weighted by molar-refractivity contribution is 5.79. The first-order valence-electron chi connectivity index (χ1n) is 11.4. The van der Waals surface area contributed by atoms with Gasteiger partial charge in [0, 0.05) is 38.8 Å². The SMILES string of the molecule is CN=C(NCCC(C)c1ccc(OC)cc1)NCC1(c2ccc(OC)cc2)CCOCC1. The molecule has 0 saturated carbocycles. The van der Waals surface area contributed by atoms with Gasteiger partial charge in [-0.25, -0.2) is 0 Å². The van der Waals surface area contributed by atoms with Crippen LogP contribution in [-0.2, 0) is 10.2 Å². The predicted molar refractivity (Wildman–Crippen MR) is 130 cm³/mol. The third kappa shape index (κ3) is 6.16. The molecular weight excluding hydrogens is 402 g/mol. The van der Waals surface area contributed by atoms with Crippen molar-refractivity contribution in [1.29, 1.82) is 0 Å².